The summed E-state index contributed by atoms with van der Waals surface area (Å²) in [6.07, 6.45) is 0. The quantitative estimate of drug-likeness (QED) is 0.669. The molecule has 0 aromatic carbocycles. The molecule has 0 aliphatic carbocycles. The molecule has 1 amide bonds. The van der Waals surface area contributed by atoms with E-state index in [4.69, 9.17) is 0 Å². The third-order valence-corrected chi connectivity index (χ3v) is 1.78. The molecule has 0 aromatic heterocycles. The van der Waals surface area contributed by atoms with Crippen LogP contribution in [0.5, 0.6) is 0 Å². The summed E-state index contributed by atoms with van der Waals surface area (Å²) in [7, 11) is 0. The number of hydrogen-bond donors (Lipinski definition) is 0. The summed E-state index contributed by atoms with van der Waals surface area (Å²) in [5.74, 6) is 0.176. The Morgan fingerprint density at radius 1 is 0.929 bits per heavy atom. The molecule has 0 aromatic rings. The molecule has 0 N–H and O–H groups in total. The van der Waals surface area contributed by atoms with Gasteiger partial charge in [0, 0.05) is 20.0 Å². The van der Waals surface area contributed by atoms with Crippen LogP contribution in [0.15, 0.2) is 0 Å². The van der Waals surface area contributed by atoms with Crippen LogP contribution in [0, 0.1) is 10.8 Å². The van der Waals surface area contributed by atoms with Crippen molar-refractivity contribution in [3.8, 4) is 0 Å². The maximum absolute atomic E-state index is 11.4. The first-order valence-corrected chi connectivity index (χ1v) is 5.27. The minimum atomic E-state index is 0.176. The number of nitrogens with zero attached hydrogens (tertiary/aromatic N) is 1. The summed E-state index contributed by atoms with van der Waals surface area (Å²) in [4.78, 5) is 13.4. The number of amides is 1. The summed E-state index contributed by atoms with van der Waals surface area (Å²) in [5, 5.41) is 0. The topological polar surface area (TPSA) is 20.3 Å². The maximum atomic E-state index is 11.4. The molecule has 0 unspecified atom stereocenters. The minimum absolute atomic E-state index is 0.176. The smallest absolute Gasteiger partial charge is 0.219 e. The van der Waals surface area contributed by atoms with E-state index in [1.807, 2.05) is 4.90 Å². The number of hydrogen-bond acceptors (Lipinski definition) is 1. The summed E-state index contributed by atoms with van der Waals surface area (Å²) in [5.41, 5.74) is 0.355. The van der Waals surface area contributed by atoms with Gasteiger partial charge in [0.05, 0.1) is 0 Å². The molecule has 0 radical (unpaired) electrons. The monoisotopic (exact) mass is 199 g/mol. The van der Waals surface area contributed by atoms with Crippen LogP contribution in [-0.2, 0) is 4.79 Å². The lowest BCUT2D eigenvalue weighted by Crippen LogP contribution is -2.41. The van der Waals surface area contributed by atoms with Crippen LogP contribution >= 0.6 is 0 Å². The zero-order chi connectivity index (χ0) is 11.6. The van der Waals surface area contributed by atoms with Gasteiger partial charge in [-0.1, -0.05) is 41.5 Å². The van der Waals surface area contributed by atoms with Crippen molar-refractivity contribution in [3.63, 3.8) is 0 Å². The predicted octanol–water partition coefficient (Wildman–Crippen LogP) is 2.93. The molecule has 2 nitrogen and oxygen atoms in total. The van der Waals surface area contributed by atoms with Crippen LogP contribution in [0.4, 0.5) is 0 Å². The van der Waals surface area contributed by atoms with E-state index in [0.29, 0.717) is 0 Å². The lowest BCUT2D eigenvalue weighted by Gasteiger charge is -2.34. The normalized spacial score (nSPS) is 12.8. The summed E-state index contributed by atoms with van der Waals surface area (Å²) < 4.78 is 0. The fraction of sp³-hybridized carbons (Fsp3) is 0.917. The highest BCUT2D eigenvalue weighted by molar-refractivity contribution is 5.73. The standard InChI is InChI=1S/C12H25NO/c1-10(14)13(8-11(2,3)4)9-12(5,6)7/h8-9H2,1-7H3. The van der Waals surface area contributed by atoms with Crippen LogP contribution in [0.2, 0.25) is 0 Å². The molecule has 0 spiro atoms. The van der Waals surface area contributed by atoms with Gasteiger partial charge < -0.3 is 4.90 Å². The molecular formula is C12H25NO. The molecule has 0 saturated heterocycles. The summed E-state index contributed by atoms with van der Waals surface area (Å²) in [6, 6.07) is 0. The average molecular weight is 199 g/mol. The second-order valence-corrected chi connectivity index (χ2v) is 6.50. The van der Waals surface area contributed by atoms with Crippen molar-refractivity contribution < 1.29 is 4.79 Å². The minimum Gasteiger partial charge on any atom is -0.342 e. The summed E-state index contributed by atoms with van der Waals surface area (Å²) >= 11 is 0. The molecule has 0 rings (SSSR count). The molecule has 0 atom stereocenters. The highest BCUT2D eigenvalue weighted by Crippen LogP contribution is 2.20. The zero-order valence-corrected chi connectivity index (χ0v) is 10.8. The van der Waals surface area contributed by atoms with Gasteiger partial charge in [0.15, 0.2) is 0 Å². The Balaban J connectivity index is 4.40. The fourth-order valence-corrected chi connectivity index (χ4v) is 1.42. The third kappa shape index (κ3) is 6.93. The molecule has 2 heteroatoms. The maximum Gasteiger partial charge on any atom is 0.219 e. The Hall–Kier alpha value is -0.530. The van der Waals surface area contributed by atoms with Gasteiger partial charge in [0.1, 0.15) is 0 Å². The van der Waals surface area contributed by atoms with Crippen molar-refractivity contribution >= 4 is 5.91 Å². The second kappa shape index (κ2) is 4.33. The summed E-state index contributed by atoms with van der Waals surface area (Å²) in [6.45, 7) is 16.3. The molecule has 0 saturated carbocycles. The van der Waals surface area contributed by atoms with E-state index in [1.165, 1.54) is 0 Å². The first kappa shape index (κ1) is 13.5. The Bertz CT molecular complexity index is 179. The van der Waals surface area contributed by atoms with E-state index in [2.05, 4.69) is 41.5 Å². The van der Waals surface area contributed by atoms with Crippen molar-refractivity contribution in [2.75, 3.05) is 13.1 Å². The third-order valence-electron chi connectivity index (χ3n) is 1.78. The Morgan fingerprint density at radius 3 is 1.36 bits per heavy atom. The van der Waals surface area contributed by atoms with Crippen LogP contribution in [-0.4, -0.2) is 23.9 Å². The highest BCUT2D eigenvalue weighted by Gasteiger charge is 2.23. The van der Waals surface area contributed by atoms with Gasteiger partial charge in [-0.25, -0.2) is 0 Å². The van der Waals surface area contributed by atoms with Gasteiger partial charge in [-0.2, -0.15) is 0 Å². The lowest BCUT2D eigenvalue weighted by atomic mass is 9.92. The molecular weight excluding hydrogens is 174 g/mol. The van der Waals surface area contributed by atoms with E-state index in [9.17, 15) is 4.79 Å². The molecule has 84 valence electrons. The Morgan fingerprint density at radius 2 is 1.21 bits per heavy atom. The Kier molecular flexibility index (Phi) is 4.16. The number of carbonyl (C=O) groups is 1. The molecule has 0 aliphatic rings. The largest absolute Gasteiger partial charge is 0.342 e. The first-order valence-electron chi connectivity index (χ1n) is 5.27. The van der Waals surface area contributed by atoms with Crippen molar-refractivity contribution in [1.29, 1.82) is 0 Å². The van der Waals surface area contributed by atoms with E-state index < -0.39 is 0 Å². The zero-order valence-electron chi connectivity index (χ0n) is 10.8. The van der Waals surface area contributed by atoms with E-state index in [0.717, 1.165) is 13.1 Å². The highest BCUT2D eigenvalue weighted by atomic mass is 16.2. The fourth-order valence-electron chi connectivity index (χ4n) is 1.42. The lowest BCUT2D eigenvalue weighted by molar-refractivity contribution is -0.131. The average Bonchev–Trinajstić information content (AvgIpc) is 1.78. The van der Waals surface area contributed by atoms with Crippen molar-refractivity contribution in [2.24, 2.45) is 10.8 Å². The van der Waals surface area contributed by atoms with Crippen molar-refractivity contribution in [1.82, 2.24) is 4.90 Å². The predicted molar refractivity (Wildman–Crippen MR) is 61.2 cm³/mol. The molecule has 0 heterocycles. The van der Waals surface area contributed by atoms with Gasteiger partial charge in [0.25, 0.3) is 0 Å². The van der Waals surface area contributed by atoms with Gasteiger partial charge >= 0.3 is 0 Å². The molecule has 0 bridgehead atoms. The first-order chi connectivity index (χ1) is 6.01. The van der Waals surface area contributed by atoms with Crippen LogP contribution in [0.25, 0.3) is 0 Å². The van der Waals surface area contributed by atoms with E-state index in [1.54, 1.807) is 6.92 Å². The SMILES string of the molecule is CC(=O)N(CC(C)(C)C)CC(C)(C)C. The van der Waals surface area contributed by atoms with Gasteiger partial charge in [-0.3, -0.25) is 4.79 Å². The second-order valence-electron chi connectivity index (χ2n) is 6.50. The number of rotatable bonds is 2. The van der Waals surface area contributed by atoms with Crippen molar-refractivity contribution in [3.05, 3.63) is 0 Å². The molecule has 0 fully saturated rings. The van der Waals surface area contributed by atoms with E-state index in [-0.39, 0.29) is 16.7 Å². The van der Waals surface area contributed by atoms with Gasteiger partial charge in [-0.15, -0.1) is 0 Å². The van der Waals surface area contributed by atoms with Crippen LogP contribution in [0.1, 0.15) is 48.5 Å². The van der Waals surface area contributed by atoms with Crippen LogP contribution < -0.4 is 0 Å². The molecule has 0 aliphatic heterocycles. The van der Waals surface area contributed by atoms with E-state index >= 15 is 0 Å². The number of carbonyl (C=O) groups excluding carboxylic acids is 1. The van der Waals surface area contributed by atoms with Gasteiger partial charge in [0.2, 0.25) is 5.91 Å². The van der Waals surface area contributed by atoms with Gasteiger partial charge in [-0.05, 0) is 10.8 Å². The van der Waals surface area contributed by atoms with Crippen molar-refractivity contribution in [2.45, 2.75) is 48.5 Å². The molecule has 14 heavy (non-hydrogen) atoms. The van der Waals surface area contributed by atoms with Crippen LogP contribution in [0.3, 0.4) is 0 Å². The Labute approximate surface area is 88.7 Å².